The van der Waals surface area contributed by atoms with Gasteiger partial charge in [0.15, 0.2) is 11.6 Å². The van der Waals surface area contributed by atoms with Gasteiger partial charge in [0.2, 0.25) is 0 Å². The zero-order valence-electron chi connectivity index (χ0n) is 24.0. The third kappa shape index (κ3) is 10.2. The van der Waals surface area contributed by atoms with Crippen molar-refractivity contribution in [1.82, 2.24) is 10.2 Å². The van der Waals surface area contributed by atoms with Gasteiger partial charge >= 0.3 is 6.09 Å². The number of carbonyl (C=O) groups is 1. The molecule has 220 valence electrons. The second-order valence-corrected chi connectivity index (χ2v) is 10.9. The van der Waals surface area contributed by atoms with E-state index >= 15 is 0 Å². The molecular weight excluding hydrogens is 517 g/mol. The number of hydrogen-bond acceptors (Lipinski definition) is 5. The molecule has 0 radical (unpaired) electrons. The number of rotatable bonds is 15. The maximum absolute atomic E-state index is 13.8. The molecule has 6 nitrogen and oxygen atoms in total. The lowest BCUT2D eigenvalue weighted by molar-refractivity contribution is 0.0585. The Morgan fingerprint density at radius 3 is 2.32 bits per heavy atom. The molecular formula is C34H44FN3O3. The van der Waals surface area contributed by atoms with Crippen molar-refractivity contribution in [3.8, 4) is 16.9 Å². The number of nitrogens with zero attached hydrogens (tertiary/aromatic N) is 1. The number of aromatic hydroxyl groups is 1. The zero-order chi connectivity index (χ0) is 28.7. The van der Waals surface area contributed by atoms with E-state index in [1.54, 1.807) is 12.1 Å². The van der Waals surface area contributed by atoms with Crippen LogP contribution in [0.4, 0.5) is 14.9 Å². The Hall–Kier alpha value is -3.42. The SMILES string of the molecule is O=C(Nc1ccccc1-c1ccccc1)OC1CCN(CCCCCCCCCNCc2cccc(O)c2F)CC1. The number of phenols is 1. The minimum absolute atomic E-state index is 0.0384. The molecule has 7 heteroatoms. The number of carbonyl (C=O) groups excluding carboxylic acids is 1. The summed E-state index contributed by atoms with van der Waals surface area (Å²) in [7, 11) is 0. The fourth-order valence-corrected chi connectivity index (χ4v) is 5.40. The van der Waals surface area contributed by atoms with E-state index in [1.807, 2.05) is 54.6 Å². The van der Waals surface area contributed by atoms with Crippen LogP contribution in [0.3, 0.4) is 0 Å². The van der Waals surface area contributed by atoms with Crippen molar-refractivity contribution in [3.05, 3.63) is 84.2 Å². The van der Waals surface area contributed by atoms with Gasteiger partial charge in [-0.1, -0.05) is 92.8 Å². The Labute approximate surface area is 243 Å². The first-order chi connectivity index (χ1) is 20.1. The first kappa shape index (κ1) is 30.5. The van der Waals surface area contributed by atoms with Gasteiger partial charge < -0.3 is 20.1 Å². The Balaban J connectivity index is 1.00. The van der Waals surface area contributed by atoms with Crippen LogP contribution in [0.25, 0.3) is 11.1 Å². The normalized spacial score (nSPS) is 14.2. The highest BCUT2D eigenvalue weighted by Crippen LogP contribution is 2.28. The number of para-hydroxylation sites is 1. The van der Waals surface area contributed by atoms with E-state index in [4.69, 9.17) is 4.74 Å². The fraction of sp³-hybridized carbons (Fsp3) is 0.441. The van der Waals surface area contributed by atoms with E-state index in [0.29, 0.717) is 12.1 Å². The van der Waals surface area contributed by atoms with Crippen LogP contribution in [0.2, 0.25) is 0 Å². The average Bonchev–Trinajstić information content (AvgIpc) is 2.99. The molecule has 1 fully saturated rings. The van der Waals surface area contributed by atoms with E-state index in [9.17, 15) is 14.3 Å². The van der Waals surface area contributed by atoms with Crippen molar-refractivity contribution in [1.29, 1.82) is 0 Å². The smallest absolute Gasteiger partial charge is 0.411 e. The van der Waals surface area contributed by atoms with Gasteiger partial charge in [0.1, 0.15) is 6.10 Å². The Morgan fingerprint density at radius 1 is 0.854 bits per heavy atom. The molecule has 1 aliphatic rings. The molecule has 0 aromatic heterocycles. The predicted octanol–water partition coefficient (Wildman–Crippen LogP) is 7.73. The van der Waals surface area contributed by atoms with Crippen LogP contribution in [0.5, 0.6) is 5.75 Å². The highest BCUT2D eigenvalue weighted by Gasteiger charge is 2.22. The molecule has 41 heavy (non-hydrogen) atoms. The maximum atomic E-state index is 13.8. The zero-order valence-corrected chi connectivity index (χ0v) is 24.0. The minimum Gasteiger partial charge on any atom is -0.505 e. The van der Waals surface area contributed by atoms with Gasteiger partial charge in [-0.2, -0.15) is 0 Å². The first-order valence-electron chi connectivity index (χ1n) is 15.1. The third-order valence-electron chi connectivity index (χ3n) is 7.76. The van der Waals surface area contributed by atoms with Crippen LogP contribution in [0, 0.1) is 5.82 Å². The van der Waals surface area contributed by atoms with E-state index < -0.39 is 5.82 Å². The maximum Gasteiger partial charge on any atom is 0.411 e. The number of unbranched alkanes of at least 4 members (excludes halogenated alkanes) is 6. The van der Waals surface area contributed by atoms with E-state index in [-0.39, 0.29) is 17.9 Å². The highest BCUT2D eigenvalue weighted by atomic mass is 19.1. The Bertz CT molecular complexity index is 1200. The van der Waals surface area contributed by atoms with Crippen LogP contribution in [-0.2, 0) is 11.3 Å². The topological polar surface area (TPSA) is 73.8 Å². The lowest BCUT2D eigenvalue weighted by Crippen LogP contribution is -2.38. The number of piperidine rings is 1. The summed E-state index contributed by atoms with van der Waals surface area (Å²) in [6.07, 6.45) is 9.77. The number of anilines is 1. The number of amides is 1. The van der Waals surface area contributed by atoms with Crippen LogP contribution >= 0.6 is 0 Å². The van der Waals surface area contributed by atoms with Crippen LogP contribution in [0.15, 0.2) is 72.8 Å². The molecule has 3 N–H and O–H groups in total. The number of phenolic OH excluding ortho intramolecular Hbond substituents is 1. The van der Waals surface area contributed by atoms with Crippen molar-refractivity contribution in [2.75, 3.05) is 31.5 Å². The molecule has 0 unspecified atom stereocenters. The van der Waals surface area contributed by atoms with Crippen molar-refractivity contribution in [3.63, 3.8) is 0 Å². The van der Waals surface area contributed by atoms with Gasteiger partial charge in [0.05, 0.1) is 5.69 Å². The molecule has 0 saturated carbocycles. The second-order valence-electron chi connectivity index (χ2n) is 10.9. The largest absolute Gasteiger partial charge is 0.505 e. The predicted molar refractivity (Wildman–Crippen MR) is 164 cm³/mol. The second kappa shape index (κ2) is 16.7. The molecule has 3 aromatic rings. The molecule has 4 rings (SSSR count). The van der Waals surface area contributed by atoms with Crippen LogP contribution in [0.1, 0.15) is 63.4 Å². The summed E-state index contributed by atoms with van der Waals surface area (Å²) >= 11 is 0. The molecule has 0 aliphatic carbocycles. The first-order valence-corrected chi connectivity index (χ1v) is 15.1. The summed E-state index contributed by atoms with van der Waals surface area (Å²) in [6, 6.07) is 22.6. The lowest BCUT2D eigenvalue weighted by Gasteiger charge is -2.31. The lowest BCUT2D eigenvalue weighted by atomic mass is 10.0. The third-order valence-corrected chi connectivity index (χ3v) is 7.76. The van der Waals surface area contributed by atoms with E-state index in [2.05, 4.69) is 15.5 Å². The van der Waals surface area contributed by atoms with Gasteiger partial charge in [-0.15, -0.1) is 0 Å². The quantitative estimate of drug-likeness (QED) is 0.166. The van der Waals surface area contributed by atoms with Gasteiger partial charge in [0.25, 0.3) is 0 Å². The van der Waals surface area contributed by atoms with Crippen molar-refractivity contribution in [2.24, 2.45) is 0 Å². The number of halogens is 1. The summed E-state index contributed by atoms with van der Waals surface area (Å²) in [6.45, 7) is 4.35. The van der Waals surface area contributed by atoms with Gasteiger partial charge in [-0.3, -0.25) is 5.32 Å². The fourth-order valence-electron chi connectivity index (χ4n) is 5.40. The van der Waals surface area contributed by atoms with Crippen LogP contribution in [-0.4, -0.2) is 48.4 Å². The number of likely N-dealkylation sites (tertiary alicyclic amines) is 1. The van der Waals surface area contributed by atoms with Crippen molar-refractivity contribution in [2.45, 2.75) is 70.4 Å². The molecule has 3 aromatic carbocycles. The minimum atomic E-state index is -0.526. The summed E-state index contributed by atoms with van der Waals surface area (Å²) in [4.78, 5) is 15.1. The van der Waals surface area contributed by atoms with Crippen molar-refractivity contribution < 1.29 is 19.0 Å². The molecule has 1 saturated heterocycles. The standard InChI is InChI=1S/C34H44FN3O3/c35-33-28(16-13-19-32(33)39)26-36-22-11-4-2-1-3-5-12-23-38-24-20-29(21-25-38)41-34(40)37-31-18-10-9-17-30(31)27-14-7-6-8-15-27/h6-10,13-19,29,36,39H,1-5,11-12,20-26H2,(H,37,40). The van der Waals surface area contributed by atoms with Crippen LogP contribution < -0.4 is 10.6 Å². The monoisotopic (exact) mass is 561 g/mol. The summed E-state index contributed by atoms with van der Waals surface area (Å²) in [5, 5.41) is 15.6. The number of hydrogen-bond donors (Lipinski definition) is 3. The molecule has 0 spiro atoms. The Kier molecular flexibility index (Phi) is 12.5. The van der Waals surface area contributed by atoms with Gasteiger partial charge in [-0.25, -0.2) is 9.18 Å². The van der Waals surface area contributed by atoms with Gasteiger partial charge in [0, 0.05) is 30.8 Å². The van der Waals surface area contributed by atoms with Crippen molar-refractivity contribution >= 4 is 11.8 Å². The summed E-state index contributed by atoms with van der Waals surface area (Å²) in [5.74, 6) is -0.814. The molecule has 0 bridgehead atoms. The van der Waals surface area contributed by atoms with Gasteiger partial charge in [-0.05, 0) is 56.5 Å². The molecule has 1 aliphatic heterocycles. The average molecular weight is 562 g/mol. The number of nitrogens with one attached hydrogen (secondary N) is 2. The van der Waals surface area contributed by atoms with E-state index in [0.717, 1.165) is 62.3 Å². The molecule has 1 heterocycles. The molecule has 0 atom stereocenters. The summed E-state index contributed by atoms with van der Waals surface area (Å²) in [5.41, 5.74) is 3.31. The number of benzene rings is 3. The highest BCUT2D eigenvalue weighted by molar-refractivity contribution is 5.91. The number of ether oxygens (including phenoxy) is 1. The summed E-state index contributed by atoms with van der Waals surface area (Å²) < 4.78 is 19.5. The van der Waals surface area contributed by atoms with E-state index in [1.165, 1.54) is 44.6 Å². The Morgan fingerprint density at radius 2 is 1.54 bits per heavy atom. The molecule has 1 amide bonds.